The summed E-state index contributed by atoms with van der Waals surface area (Å²) >= 11 is 0. The van der Waals surface area contributed by atoms with Crippen LogP contribution in [0.2, 0.25) is 0 Å². The van der Waals surface area contributed by atoms with Crippen molar-refractivity contribution in [2.24, 2.45) is 11.3 Å². The topological polar surface area (TPSA) is 41.1 Å². The largest absolute Gasteiger partial charge is 0.352 e. The SMILES string of the molecule is CC(NCC(C)C(C)(C)C)C(=O)NC1CC1. The Hall–Kier alpha value is -0.570. The van der Waals surface area contributed by atoms with Gasteiger partial charge < -0.3 is 10.6 Å². The summed E-state index contributed by atoms with van der Waals surface area (Å²) in [5.41, 5.74) is 0.291. The van der Waals surface area contributed by atoms with Gasteiger partial charge in [0.2, 0.25) is 5.91 Å². The fourth-order valence-corrected chi connectivity index (χ4v) is 1.31. The highest BCUT2D eigenvalue weighted by Gasteiger charge is 2.26. The van der Waals surface area contributed by atoms with Crippen LogP contribution in [0.3, 0.4) is 0 Å². The van der Waals surface area contributed by atoms with E-state index in [0.717, 1.165) is 19.4 Å². The minimum Gasteiger partial charge on any atom is -0.352 e. The maximum atomic E-state index is 11.7. The molecule has 0 saturated heterocycles. The van der Waals surface area contributed by atoms with Crippen LogP contribution in [0.15, 0.2) is 0 Å². The van der Waals surface area contributed by atoms with Crippen molar-refractivity contribution in [3.8, 4) is 0 Å². The predicted molar refractivity (Wildman–Crippen MR) is 67.2 cm³/mol. The molecule has 3 heteroatoms. The molecule has 1 fully saturated rings. The van der Waals surface area contributed by atoms with Crippen molar-refractivity contribution < 1.29 is 4.79 Å². The van der Waals surface area contributed by atoms with Crippen molar-refractivity contribution in [2.45, 2.75) is 59.5 Å². The summed E-state index contributed by atoms with van der Waals surface area (Å²) in [6, 6.07) is 0.377. The van der Waals surface area contributed by atoms with Gasteiger partial charge in [-0.1, -0.05) is 27.7 Å². The number of hydrogen-bond acceptors (Lipinski definition) is 2. The Kier molecular flexibility index (Phi) is 4.36. The molecule has 2 atom stereocenters. The van der Waals surface area contributed by atoms with E-state index in [0.29, 0.717) is 17.4 Å². The van der Waals surface area contributed by atoms with Crippen molar-refractivity contribution in [3.63, 3.8) is 0 Å². The zero-order valence-electron chi connectivity index (χ0n) is 11.3. The standard InChI is InChI=1S/C13H26N2O/c1-9(13(3,4)5)8-14-10(2)12(16)15-11-6-7-11/h9-11,14H,6-8H2,1-5H3,(H,15,16). The van der Waals surface area contributed by atoms with Crippen LogP contribution in [0.5, 0.6) is 0 Å². The Morgan fingerprint density at radius 1 is 1.31 bits per heavy atom. The Labute approximate surface area is 99.4 Å². The predicted octanol–water partition coefficient (Wildman–Crippen LogP) is 1.93. The van der Waals surface area contributed by atoms with Crippen LogP contribution in [0.25, 0.3) is 0 Å². The molecule has 0 aromatic heterocycles. The first-order valence-electron chi connectivity index (χ1n) is 6.34. The lowest BCUT2D eigenvalue weighted by Gasteiger charge is -2.28. The molecule has 1 amide bonds. The van der Waals surface area contributed by atoms with Gasteiger partial charge in [0.1, 0.15) is 0 Å². The molecular formula is C13H26N2O. The van der Waals surface area contributed by atoms with Crippen molar-refractivity contribution in [2.75, 3.05) is 6.54 Å². The lowest BCUT2D eigenvalue weighted by molar-refractivity contribution is -0.123. The van der Waals surface area contributed by atoms with E-state index in [-0.39, 0.29) is 11.9 Å². The summed E-state index contributed by atoms with van der Waals surface area (Å²) in [7, 11) is 0. The van der Waals surface area contributed by atoms with Gasteiger partial charge in [0.25, 0.3) is 0 Å². The summed E-state index contributed by atoms with van der Waals surface area (Å²) < 4.78 is 0. The molecule has 16 heavy (non-hydrogen) atoms. The van der Waals surface area contributed by atoms with Gasteiger partial charge >= 0.3 is 0 Å². The molecule has 2 N–H and O–H groups in total. The van der Waals surface area contributed by atoms with Gasteiger partial charge in [-0.25, -0.2) is 0 Å². The van der Waals surface area contributed by atoms with Crippen molar-refractivity contribution in [1.82, 2.24) is 10.6 Å². The van der Waals surface area contributed by atoms with Crippen LogP contribution in [0, 0.1) is 11.3 Å². The Morgan fingerprint density at radius 3 is 2.31 bits per heavy atom. The lowest BCUT2D eigenvalue weighted by Crippen LogP contribution is -2.45. The van der Waals surface area contributed by atoms with Crippen molar-refractivity contribution >= 4 is 5.91 Å². The quantitative estimate of drug-likeness (QED) is 0.752. The molecule has 1 saturated carbocycles. The van der Waals surface area contributed by atoms with Crippen LogP contribution in [0.4, 0.5) is 0 Å². The highest BCUT2D eigenvalue weighted by molar-refractivity contribution is 5.81. The molecule has 0 heterocycles. The van der Waals surface area contributed by atoms with E-state index in [2.05, 4.69) is 38.3 Å². The third-order valence-electron chi connectivity index (χ3n) is 3.53. The summed E-state index contributed by atoms with van der Waals surface area (Å²) in [5, 5.41) is 6.32. The van der Waals surface area contributed by atoms with Crippen LogP contribution >= 0.6 is 0 Å². The van der Waals surface area contributed by atoms with Gasteiger partial charge in [0.15, 0.2) is 0 Å². The Balaban J connectivity index is 2.22. The van der Waals surface area contributed by atoms with E-state index in [9.17, 15) is 4.79 Å². The van der Waals surface area contributed by atoms with Crippen LogP contribution < -0.4 is 10.6 Å². The van der Waals surface area contributed by atoms with Crippen molar-refractivity contribution in [3.05, 3.63) is 0 Å². The highest BCUT2D eigenvalue weighted by atomic mass is 16.2. The second-order valence-corrected chi connectivity index (χ2v) is 6.18. The molecular weight excluding hydrogens is 200 g/mol. The molecule has 2 unspecified atom stereocenters. The number of nitrogens with one attached hydrogen (secondary N) is 2. The molecule has 0 aliphatic heterocycles. The van der Waals surface area contributed by atoms with Gasteiger partial charge in [-0.15, -0.1) is 0 Å². The molecule has 0 radical (unpaired) electrons. The van der Waals surface area contributed by atoms with Crippen LogP contribution in [0.1, 0.15) is 47.5 Å². The number of rotatable bonds is 5. The maximum Gasteiger partial charge on any atom is 0.237 e. The first-order valence-corrected chi connectivity index (χ1v) is 6.34. The molecule has 0 bridgehead atoms. The summed E-state index contributed by atoms with van der Waals surface area (Å²) in [6.07, 6.45) is 2.30. The van der Waals surface area contributed by atoms with Gasteiger partial charge in [-0.05, 0) is 37.6 Å². The second kappa shape index (κ2) is 5.17. The molecule has 1 aliphatic carbocycles. The van der Waals surface area contributed by atoms with Gasteiger partial charge in [0, 0.05) is 6.04 Å². The minimum atomic E-state index is -0.0783. The van der Waals surface area contributed by atoms with E-state index in [1.807, 2.05) is 6.92 Å². The zero-order valence-corrected chi connectivity index (χ0v) is 11.3. The number of amides is 1. The molecule has 1 rings (SSSR count). The second-order valence-electron chi connectivity index (χ2n) is 6.18. The average Bonchev–Trinajstić information content (AvgIpc) is 2.95. The molecule has 1 aliphatic rings. The minimum absolute atomic E-state index is 0.0783. The molecule has 0 aromatic rings. The number of carbonyl (C=O) groups is 1. The zero-order chi connectivity index (χ0) is 12.3. The third-order valence-corrected chi connectivity index (χ3v) is 3.53. The normalized spacial score (nSPS) is 20.3. The van der Waals surface area contributed by atoms with E-state index in [1.54, 1.807) is 0 Å². The van der Waals surface area contributed by atoms with E-state index in [4.69, 9.17) is 0 Å². The van der Waals surface area contributed by atoms with E-state index < -0.39 is 0 Å². The number of hydrogen-bond donors (Lipinski definition) is 2. The fraction of sp³-hybridized carbons (Fsp3) is 0.923. The number of carbonyl (C=O) groups excluding carboxylic acids is 1. The van der Waals surface area contributed by atoms with Crippen LogP contribution in [-0.2, 0) is 4.79 Å². The lowest BCUT2D eigenvalue weighted by atomic mass is 9.82. The van der Waals surface area contributed by atoms with Crippen LogP contribution in [-0.4, -0.2) is 24.5 Å². The maximum absolute atomic E-state index is 11.7. The van der Waals surface area contributed by atoms with Gasteiger partial charge in [0.05, 0.1) is 6.04 Å². The summed E-state index contributed by atoms with van der Waals surface area (Å²) in [6.45, 7) is 11.7. The van der Waals surface area contributed by atoms with Gasteiger partial charge in [-0.2, -0.15) is 0 Å². The van der Waals surface area contributed by atoms with E-state index in [1.165, 1.54) is 0 Å². The highest BCUT2D eigenvalue weighted by Crippen LogP contribution is 2.24. The Morgan fingerprint density at radius 2 is 1.88 bits per heavy atom. The van der Waals surface area contributed by atoms with Crippen molar-refractivity contribution in [1.29, 1.82) is 0 Å². The molecule has 0 spiro atoms. The monoisotopic (exact) mass is 226 g/mol. The first-order chi connectivity index (χ1) is 7.30. The third kappa shape index (κ3) is 4.52. The molecule has 0 aromatic carbocycles. The molecule has 94 valence electrons. The Bertz CT molecular complexity index is 241. The summed E-state index contributed by atoms with van der Waals surface area (Å²) in [5.74, 6) is 0.701. The van der Waals surface area contributed by atoms with Gasteiger partial charge in [-0.3, -0.25) is 4.79 Å². The molecule has 3 nitrogen and oxygen atoms in total. The fourth-order valence-electron chi connectivity index (χ4n) is 1.31. The van der Waals surface area contributed by atoms with E-state index >= 15 is 0 Å². The smallest absolute Gasteiger partial charge is 0.237 e. The first kappa shape index (κ1) is 13.5. The summed E-state index contributed by atoms with van der Waals surface area (Å²) in [4.78, 5) is 11.7. The average molecular weight is 226 g/mol.